The van der Waals surface area contributed by atoms with Crippen LogP contribution < -0.4 is 5.73 Å². The summed E-state index contributed by atoms with van der Waals surface area (Å²) >= 11 is 0. The van der Waals surface area contributed by atoms with Crippen molar-refractivity contribution in [1.29, 1.82) is 0 Å². The molecule has 2 atom stereocenters. The highest BCUT2D eigenvalue weighted by atomic mass is 15.1. The van der Waals surface area contributed by atoms with E-state index in [0.29, 0.717) is 12.6 Å². The average Bonchev–Trinajstić information content (AvgIpc) is 2.65. The summed E-state index contributed by atoms with van der Waals surface area (Å²) < 4.78 is 2.27. The quantitative estimate of drug-likeness (QED) is 0.781. The van der Waals surface area contributed by atoms with Crippen LogP contribution in [0.5, 0.6) is 0 Å². The van der Waals surface area contributed by atoms with E-state index in [0.717, 1.165) is 11.7 Å². The predicted octanol–water partition coefficient (Wildman–Crippen LogP) is 2.09. The third-order valence-electron chi connectivity index (χ3n) is 3.23. The standard InChI is InChI=1S/C11H19N3/c1-9-3-2-4-10(7-9)14-6-5-13-11(14)8-12/h5-6,9-10H,2-4,7-8,12H2,1H3. The van der Waals surface area contributed by atoms with E-state index >= 15 is 0 Å². The minimum absolute atomic E-state index is 0.553. The first-order valence-electron chi connectivity index (χ1n) is 5.53. The molecule has 0 aliphatic heterocycles. The Morgan fingerprint density at radius 1 is 1.57 bits per heavy atom. The van der Waals surface area contributed by atoms with Crippen LogP contribution in [0.15, 0.2) is 12.4 Å². The highest BCUT2D eigenvalue weighted by Gasteiger charge is 2.21. The van der Waals surface area contributed by atoms with E-state index in [1.54, 1.807) is 0 Å². The highest BCUT2D eigenvalue weighted by molar-refractivity contribution is 4.95. The van der Waals surface area contributed by atoms with Gasteiger partial charge in [0.2, 0.25) is 0 Å². The van der Waals surface area contributed by atoms with Gasteiger partial charge in [-0.25, -0.2) is 4.98 Å². The van der Waals surface area contributed by atoms with Crippen molar-refractivity contribution >= 4 is 0 Å². The molecule has 2 unspecified atom stereocenters. The molecule has 1 heterocycles. The van der Waals surface area contributed by atoms with E-state index in [-0.39, 0.29) is 0 Å². The molecule has 1 aliphatic carbocycles. The lowest BCUT2D eigenvalue weighted by molar-refractivity contribution is 0.278. The zero-order valence-electron chi connectivity index (χ0n) is 8.82. The molecule has 78 valence electrons. The molecule has 0 radical (unpaired) electrons. The fraction of sp³-hybridized carbons (Fsp3) is 0.727. The van der Waals surface area contributed by atoms with Gasteiger partial charge in [0.15, 0.2) is 0 Å². The molecule has 0 amide bonds. The Morgan fingerprint density at radius 3 is 3.14 bits per heavy atom. The second kappa shape index (κ2) is 4.13. The summed E-state index contributed by atoms with van der Waals surface area (Å²) in [5.74, 6) is 1.88. The Bertz CT molecular complexity index is 292. The monoisotopic (exact) mass is 193 g/mol. The third kappa shape index (κ3) is 1.82. The van der Waals surface area contributed by atoms with Gasteiger partial charge in [0, 0.05) is 18.4 Å². The number of rotatable bonds is 2. The minimum atomic E-state index is 0.553. The highest BCUT2D eigenvalue weighted by Crippen LogP contribution is 2.32. The van der Waals surface area contributed by atoms with Gasteiger partial charge in [0.1, 0.15) is 5.82 Å². The molecule has 2 rings (SSSR count). The van der Waals surface area contributed by atoms with Gasteiger partial charge in [-0.2, -0.15) is 0 Å². The Morgan fingerprint density at radius 2 is 2.43 bits per heavy atom. The van der Waals surface area contributed by atoms with E-state index < -0.39 is 0 Å². The van der Waals surface area contributed by atoms with Crippen LogP contribution in [-0.4, -0.2) is 9.55 Å². The van der Waals surface area contributed by atoms with Crippen LogP contribution in [0.4, 0.5) is 0 Å². The third-order valence-corrected chi connectivity index (χ3v) is 3.23. The zero-order chi connectivity index (χ0) is 9.97. The van der Waals surface area contributed by atoms with Crippen molar-refractivity contribution in [1.82, 2.24) is 9.55 Å². The van der Waals surface area contributed by atoms with E-state index in [2.05, 4.69) is 22.7 Å². The number of nitrogens with two attached hydrogens (primary N) is 1. The Hall–Kier alpha value is -0.830. The number of nitrogens with zero attached hydrogens (tertiary/aromatic N) is 2. The molecule has 1 aromatic rings. The smallest absolute Gasteiger partial charge is 0.122 e. The Balaban J connectivity index is 2.13. The summed E-state index contributed by atoms with van der Waals surface area (Å²) in [6.07, 6.45) is 9.22. The van der Waals surface area contributed by atoms with E-state index in [1.807, 2.05) is 6.20 Å². The molecule has 0 bridgehead atoms. The van der Waals surface area contributed by atoms with Crippen LogP contribution in [0.1, 0.15) is 44.5 Å². The fourth-order valence-corrected chi connectivity index (χ4v) is 2.49. The normalized spacial score (nSPS) is 27.9. The maximum absolute atomic E-state index is 5.65. The number of hydrogen-bond donors (Lipinski definition) is 1. The summed E-state index contributed by atoms with van der Waals surface area (Å²) in [5, 5.41) is 0. The van der Waals surface area contributed by atoms with Crippen molar-refractivity contribution in [3.05, 3.63) is 18.2 Å². The molecule has 14 heavy (non-hydrogen) atoms. The maximum atomic E-state index is 5.65. The van der Waals surface area contributed by atoms with Gasteiger partial charge in [-0.15, -0.1) is 0 Å². The van der Waals surface area contributed by atoms with E-state index in [9.17, 15) is 0 Å². The largest absolute Gasteiger partial charge is 0.331 e. The molecular formula is C11H19N3. The van der Waals surface area contributed by atoms with E-state index in [4.69, 9.17) is 5.73 Å². The van der Waals surface area contributed by atoms with Crippen LogP contribution in [0, 0.1) is 5.92 Å². The SMILES string of the molecule is CC1CCCC(n2ccnc2CN)C1. The van der Waals surface area contributed by atoms with Crippen LogP contribution in [0.2, 0.25) is 0 Å². The van der Waals surface area contributed by atoms with Gasteiger partial charge in [-0.1, -0.05) is 19.8 Å². The molecule has 1 saturated carbocycles. The number of imidazole rings is 1. The molecule has 1 aliphatic rings. The lowest BCUT2D eigenvalue weighted by atomic mass is 9.87. The van der Waals surface area contributed by atoms with Gasteiger partial charge in [-0.05, 0) is 18.8 Å². The topological polar surface area (TPSA) is 43.8 Å². The molecule has 1 fully saturated rings. The lowest BCUT2D eigenvalue weighted by Gasteiger charge is -2.28. The van der Waals surface area contributed by atoms with Crippen LogP contribution in [0.25, 0.3) is 0 Å². The minimum Gasteiger partial charge on any atom is -0.331 e. The number of hydrogen-bond acceptors (Lipinski definition) is 2. The average molecular weight is 193 g/mol. The van der Waals surface area contributed by atoms with Gasteiger partial charge in [0.25, 0.3) is 0 Å². The summed E-state index contributed by atoms with van der Waals surface area (Å²) in [7, 11) is 0. The zero-order valence-corrected chi connectivity index (χ0v) is 8.82. The molecule has 3 nitrogen and oxygen atoms in total. The maximum Gasteiger partial charge on any atom is 0.122 e. The first-order valence-corrected chi connectivity index (χ1v) is 5.53. The summed E-state index contributed by atoms with van der Waals surface area (Å²) in [4.78, 5) is 4.27. The van der Waals surface area contributed by atoms with Crippen LogP contribution >= 0.6 is 0 Å². The van der Waals surface area contributed by atoms with Crippen molar-refractivity contribution in [3.8, 4) is 0 Å². The second-order valence-electron chi connectivity index (χ2n) is 4.38. The fourth-order valence-electron chi connectivity index (χ4n) is 2.49. The van der Waals surface area contributed by atoms with Crippen LogP contribution in [-0.2, 0) is 6.54 Å². The molecule has 3 heteroatoms. The molecule has 0 saturated heterocycles. The first-order chi connectivity index (χ1) is 6.81. The lowest BCUT2D eigenvalue weighted by Crippen LogP contribution is -2.20. The van der Waals surface area contributed by atoms with Crippen molar-refractivity contribution in [2.24, 2.45) is 11.7 Å². The van der Waals surface area contributed by atoms with Gasteiger partial charge < -0.3 is 10.3 Å². The van der Waals surface area contributed by atoms with Gasteiger partial charge in [-0.3, -0.25) is 0 Å². The summed E-state index contributed by atoms with van der Waals surface area (Å²) in [6.45, 7) is 2.89. The van der Waals surface area contributed by atoms with Crippen molar-refractivity contribution < 1.29 is 0 Å². The summed E-state index contributed by atoms with van der Waals surface area (Å²) in [5.41, 5.74) is 5.65. The molecule has 0 spiro atoms. The Kier molecular flexibility index (Phi) is 2.87. The van der Waals surface area contributed by atoms with Gasteiger partial charge in [0.05, 0.1) is 6.54 Å². The van der Waals surface area contributed by atoms with Crippen molar-refractivity contribution in [3.63, 3.8) is 0 Å². The molecule has 2 N–H and O–H groups in total. The predicted molar refractivity (Wildman–Crippen MR) is 56.8 cm³/mol. The van der Waals surface area contributed by atoms with Crippen LogP contribution in [0.3, 0.4) is 0 Å². The van der Waals surface area contributed by atoms with Gasteiger partial charge >= 0.3 is 0 Å². The van der Waals surface area contributed by atoms with Crippen molar-refractivity contribution in [2.45, 2.75) is 45.2 Å². The molecular weight excluding hydrogens is 174 g/mol. The molecule has 1 aromatic heterocycles. The Labute approximate surface area is 85.3 Å². The summed E-state index contributed by atoms with van der Waals surface area (Å²) in [6, 6.07) is 0.639. The first kappa shape index (κ1) is 9.71. The van der Waals surface area contributed by atoms with E-state index in [1.165, 1.54) is 25.7 Å². The number of aromatic nitrogens is 2. The second-order valence-corrected chi connectivity index (χ2v) is 4.38. The van der Waals surface area contributed by atoms with Crippen molar-refractivity contribution in [2.75, 3.05) is 0 Å². The molecule has 0 aromatic carbocycles.